The van der Waals surface area contributed by atoms with E-state index in [4.69, 9.17) is 5.11 Å². The number of aliphatic carboxylic acids is 1. The number of carboxylic acids is 1. The maximum Gasteiger partial charge on any atom is 0.303 e. The monoisotopic (exact) mass is 290 g/mol. The van der Waals surface area contributed by atoms with Crippen molar-refractivity contribution in [3.63, 3.8) is 0 Å². The van der Waals surface area contributed by atoms with Crippen LogP contribution in [0.5, 0.6) is 0 Å². The number of hydrogen-bond acceptors (Lipinski definition) is 1. The molecule has 0 aliphatic heterocycles. The predicted molar refractivity (Wildman–Crippen MR) is 88.5 cm³/mol. The van der Waals surface area contributed by atoms with Crippen molar-refractivity contribution in [2.24, 2.45) is 5.92 Å². The zero-order chi connectivity index (χ0) is 15.3. The van der Waals surface area contributed by atoms with Gasteiger partial charge in [0, 0.05) is 6.42 Å². The first-order valence-electron chi connectivity index (χ1n) is 8.48. The molecule has 0 heterocycles. The maximum absolute atomic E-state index is 10.7. The number of unbranched alkanes of at least 4 members (excludes halogenated alkanes) is 4. The molecular formula is C19H30O2. The Morgan fingerprint density at radius 2 is 1.67 bits per heavy atom. The van der Waals surface area contributed by atoms with Gasteiger partial charge in [-0.3, -0.25) is 4.79 Å². The SMILES string of the molecule is CCCCCCCC(CCCC(=O)O)Cc1ccccc1. The summed E-state index contributed by atoms with van der Waals surface area (Å²) in [5, 5.41) is 8.79. The summed E-state index contributed by atoms with van der Waals surface area (Å²) in [6.07, 6.45) is 11.0. The third-order valence-corrected chi connectivity index (χ3v) is 4.09. The van der Waals surface area contributed by atoms with Gasteiger partial charge in [0.25, 0.3) is 0 Å². The molecule has 0 aliphatic rings. The van der Waals surface area contributed by atoms with Gasteiger partial charge in [0.05, 0.1) is 0 Å². The Morgan fingerprint density at radius 3 is 2.33 bits per heavy atom. The molecule has 0 fully saturated rings. The highest BCUT2D eigenvalue weighted by atomic mass is 16.4. The minimum absolute atomic E-state index is 0.307. The van der Waals surface area contributed by atoms with Gasteiger partial charge in [-0.05, 0) is 30.7 Å². The summed E-state index contributed by atoms with van der Waals surface area (Å²) >= 11 is 0. The van der Waals surface area contributed by atoms with Crippen LogP contribution < -0.4 is 0 Å². The minimum atomic E-state index is -0.670. The van der Waals surface area contributed by atoms with Crippen molar-refractivity contribution >= 4 is 5.97 Å². The molecule has 2 heteroatoms. The molecule has 0 radical (unpaired) electrons. The molecule has 1 atom stereocenters. The van der Waals surface area contributed by atoms with E-state index in [1.54, 1.807) is 0 Å². The fourth-order valence-electron chi connectivity index (χ4n) is 2.87. The quantitative estimate of drug-likeness (QED) is 0.519. The summed E-state index contributed by atoms with van der Waals surface area (Å²) in [4.78, 5) is 10.7. The van der Waals surface area contributed by atoms with E-state index in [1.807, 2.05) is 6.07 Å². The largest absolute Gasteiger partial charge is 0.481 e. The second-order valence-corrected chi connectivity index (χ2v) is 6.04. The lowest BCUT2D eigenvalue weighted by atomic mass is 9.89. The average molecular weight is 290 g/mol. The van der Waals surface area contributed by atoms with Crippen LogP contribution in [0.1, 0.15) is 70.3 Å². The highest BCUT2D eigenvalue weighted by Crippen LogP contribution is 2.22. The number of carboxylic acid groups (broad SMARTS) is 1. The minimum Gasteiger partial charge on any atom is -0.481 e. The molecule has 1 aromatic rings. The summed E-state index contributed by atoms with van der Waals surface area (Å²) in [6, 6.07) is 10.6. The Hall–Kier alpha value is -1.31. The molecule has 1 rings (SSSR count). The number of rotatable bonds is 12. The molecule has 0 bridgehead atoms. The van der Waals surface area contributed by atoms with E-state index in [0.717, 1.165) is 19.3 Å². The molecular weight excluding hydrogens is 260 g/mol. The maximum atomic E-state index is 10.7. The van der Waals surface area contributed by atoms with E-state index >= 15 is 0 Å². The van der Waals surface area contributed by atoms with Crippen LogP contribution in [0.3, 0.4) is 0 Å². The van der Waals surface area contributed by atoms with Crippen LogP contribution in [-0.2, 0) is 11.2 Å². The van der Waals surface area contributed by atoms with E-state index in [1.165, 1.54) is 44.1 Å². The molecule has 2 nitrogen and oxygen atoms in total. The van der Waals surface area contributed by atoms with Crippen LogP contribution in [-0.4, -0.2) is 11.1 Å². The lowest BCUT2D eigenvalue weighted by Crippen LogP contribution is -2.06. The molecule has 0 saturated carbocycles. The molecule has 1 unspecified atom stereocenters. The molecule has 0 amide bonds. The van der Waals surface area contributed by atoms with Crippen molar-refractivity contribution in [3.8, 4) is 0 Å². The lowest BCUT2D eigenvalue weighted by Gasteiger charge is -2.16. The van der Waals surface area contributed by atoms with E-state index in [-0.39, 0.29) is 0 Å². The first-order chi connectivity index (χ1) is 10.2. The zero-order valence-electron chi connectivity index (χ0n) is 13.4. The van der Waals surface area contributed by atoms with E-state index in [0.29, 0.717) is 12.3 Å². The summed E-state index contributed by atoms with van der Waals surface area (Å²) in [5.41, 5.74) is 1.38. The Bertz CT molecular complexity index is 372. The van der Waals surface area contributed by atoms with Crippen LogP contribution in [0.2, 0.25) is 0 Å². The fourth-order valence-corrected chi connectivity index (χ4v) is 2.87. The molecule has 1 N–H and O–H groups in total. The molecule has 1 aromatic carbocycles. The summed E-state index contributed by atoms with van der Waals surface area (Å²) in [6.45, 7) is 2.24. The van der Waals surface area contributed by atoms with Gasteiger partial charge < -0.3 is 5.11 Å². The smallest absolute Gasteiger partial charge is 0.303 e. The number of hydrogen-bond donors (Lipinski definition) is 1. The summed E-state index contributed by atoms with van der Waals surface area (Å²) in [7, 11) is 0. The van der Waals surface area contributed by atoms with Gasteiger partial charge in [-0.1, -0.05) is 75.8 Å². The first-order valence-corrected chi connectivity index (χ1v) is 8.48. The first kappa shape index (κ1) is 17.7. The highest BCUT2D eigenvalue weighted by Gasteiger charge is 2.10. The second kappa shape index (κ2) is 11.4. The Kier molecular flexibility index (Phi) is 9.60. The van der Waals surface area contributed by atoms with Gasteiger partial charge in [0.2, 0.25) is 0 Å². The average Bonchev–Trinajstić information content (AvgIpc) is 2.47. The topological polar surface area (TPSA) is 37.3 Å². The second-order valence-electron chi connectivity index (χ2n) is 6.04. The van der Waals surface area contributed by atoms with E-state index in [2.05, 4.69) is 31.2 Å². The summed E-state index contributed by atoms with van der Waals surface area (Å²) < 4.78 is 0. The standard InChI is InChI=1S/C19H30O2/c1-2-3-4-5-7-11-18(14-10-15-19(20)21)16-17-12-8-6-9-13-17/h6,8-9,12-13,18H,2-5,7,10-11,14-16H2,1H3,(H,20,21). The lowest BCUT2D eigenvalue weighted by molar-refractivity contribution is -0.137. The Labute approximate surface area is 129 Å². The van der Waals surface area contributed by atoms with Crippen LogP contribution in [0.4, 0.5) is 0 Å². The number of benzene rings is 1. The van der Waals surface area contributed by atoms with Gasteiger partial charge in [-0.2, -0.15) is 0 Å². The van der Waals surface area contributed by atoms with Gasteiger partial charge in [-0.15, -0.1) is 0 Å². The Balaban J connectivity index is 2.35. The fraction of sp³-hybridized carbons (Fsp3) is 0.632. The third-order valence-electron chi connectivity index (χ3n) is 4.09. The van der Waals surface area contributed by atoms with Crippen molar-refractivity contribution in [3.05, 3.63) is 35.9 Å². The molecule has 0 spiro atoms. The molecule has 0 aromatic heterocycles. The van der Waals surface area contributed by atoms with Crippen LogP contribution >= 0.6 is 0 Å². The van der Waals surface area contributed by atoms with Crippen LogP contribution in [0, 0.1) is 5.92 Å². The molecule has 21 heavy (non-hydrogen) atoms. The van der Waals surface area contributed by atoms with Crippen molar-refractivity contribution in [1.29, 1.82) is 0 Å². The molecule has 0 aliphatic carbocycles. The highest BCUT2D eigenvalue weighted by molar-refractivity contribution is 5.66. The van der Waals surface area contributed by atoms with Crippen LogP contribution in [0.25, 0.3) is 0 Å². The van der Waals surface area contributed by atoms with Crippen molar-refractivity contribution in [1.82, 2.24) is 0 Å². The van der Waals surface area contributed by atoms with Gasteiger partial charge in [-0.25, -0.2) is 0 Å². The van der Waals surface area contributed by atoms with Gasteiger partial charge >= 0.3 is 5.97 Å². The van der Waals surface area contributed by atoms with Gasteiger partial charge in [0.1, 0.15) is 0 Å². The van der Waals surface area contributed by atoms with E-state index in [9.17, 15) is 4.79 Å². The van der Waals surface area contributed by atoms with Crippen molar-refractivity contribution in [2.45, 2.75) is 71.1 Å². The third kappa shape index (κ3) is 9.28. The summed E-state index contributed by atoms with van der Waals surface area (Å²) in [5.74, 6) is -0.0372. The Morgan fingerprint density at radius 1 is 1.00 bits per heavy atom. The normalized spacial score (nSPS) is 12.2. The predicted octanol–water partition coefficient (Wildman–Crippen LogP) is 5.46. The van der Waals surface area contributed by atoms with Crippen molar-refractivity contribution in [2.75, 3.05) is 0 Å². The molecule has 118 valence electrons. The van der Waals surface area contributed by atoms with Gasteiger partial charge in [0.15, 0.2) is 0 Å². The van der Waals surface area contributed by atoms with Crippen LogP contribution in [0.15, 0.2) is 30.3 Å². The number of carbonyl (C=O) groups is 1. The van der Waals surface area contributed by atoms with Crippen molar-refractivity contribution < 1.29 is 9.90 Å². The zero-order valence-corrected chi connectivity index (χ0v) is 13.4. The molecule has 0 saturated heterocycles. The van der Waals surface area contributed by atoms with E-state index < -0.39 is 5.97 Å².